The molecule has 5 nitrogen and oxygen atoms in total. The molecule has 1 fully saturated rings. The molecule has 0 bridgehead atoms. The van der Waals surface area contributed by atoms with Crippen LogP contribution in [0.3, 0.4) is 0 Å². The molecule has 2 aromatic rings. The van der Waals surface area contributed by atoms with Crippen molar-refractivity contribution in [2.75, 3.05) is 6.61 Å². The minimum Gasteiger partial charge on any atom is -0.493 e. The molecule has 3 atom stereocenters. The van der Waals surface area contributed by atoms with E-state index in [1.165, 1.54) is 11.1 Å². The maximum Gasteiger partial charge on any atom is 0.122 e. The molecule has 1 saturated carbocycles. The molecule has 1 aliphatic heterocycles. The van der Waals surface area contributed by atoms with Gasteiger partial charge in [-0.15, -0.1) is 0 Å². The maximum absolute atomic E-state index is 10.4. The molecule has 2 aliphatic rings. The van der Waals surface area contributed by atoms with E-state index in [1.807, 2.05) is 10.9 Å². The van der Waals surface area contributed by atoms with E-state index in [2.05, 4.69) is 28.6 Å². The predicted molar refractivity (Wildman–Crippen MR) is 96.9 cm³/mol. The minimum absolute atomic E-state index is 0.128. The normalized spacial score (nSPS) is 25.6. The van der Waals surface area contributed by atoms with Gasteiger partial charge in [-0.3, -0.25) is 4.68 Å². The number of halogens is 1. The van der Waals surface area contributed by atoms with Crippen LogP contribution in [0.15, 0.2) is 30.6 Å². The fourth-order valence-corrected chi connectivity index (χ4v) is 4.12. The number of aliphatic hydroxyl groups is 1. The molecule has 6 heteroatoms. The van der Waals surface area contributed by atoms with Crippen LogP contribution in [-0.2, 0) is 19.5 Å². The summed E-state index contributed by atoms with van der Waals surface area (Å²) in [4.78, 5) is 0. The summed E-state index contributed by atoms with van der Waals surface area (Å²) < 4.78 is 7.53. The number of fused-ring (bicyclic) bond motifs is 1. The Morgan fingerprint density at radius 1 is 1.36 bits per heavy atom. The summed E-state index contributed by atoms with van der Waals surface area (Å²) >= 11 is 5.92. The second-order valence-corrected chi connectivity index (χ2v) is 7.60. The van der Waals surface area contributed by atoms with Gasteiger partial charge < -0.3 is 15.2 Å². The monoisotopic (exact) mass is 361 g/mol. The third-order valence-corrected chi connectivity index (χ3v) is 5.41. The lowest BCUT2D eigenvalue weighted by Gasteiger charge is -2.20. The molecule has 0 saturated heterocycles. The summed E-state index contributed by atoms with van der Waals surface area (Å²) in [6.07, 6.45) is 7.11. The first kappa shape index (κ1) is 16.9. The molecular weight excluding hydrogens is 338 g/mol. The number of aliphatic hydroxyl groups excluding tert-OH is 1. The van der Waals surface area contributed by atoms with E-state index >= 15 is 0 Å². The van der Waals surface area contributed by atoms with Gasteiger partial charge in [0, 0.05) is 25.3 Å². The molecule has 1 aliphatic carbocycles. The van der Waals surface area contributed by atoms with Crippen LogP contribution in [0.1, 0.15) is 30.4 Å². The average molecular weight is 362 g/mol. The van der Waals surface area contributed by atoms with Crippen molar-refractivity contribution >= 4 is 11.6 Å². The molecular formula is C19H24ClN3O2. The highest BCUT2D eigenvalue weighted by atomic mass is 35.5. The van der Waals surface area contributed by atoms with Gasteiger partial charge in [0.1, 0.15) is 5.75 Å². The van der Waals surface area contributed by atoms with Crippen molar-refractivity contribution in [2.45, 2.75) is 50.9 Å². The second kappa shape index (κ2) is 7.36. The van der Waals surface area contributed by atoms with Gasteiger partial charge in [0.25, 0.3) is 0 Å². The zero-order valence-corrected chi connectivity index (χ0v) is 15.0. The molecule has 4 rings (SSSR count). The Bertz CT molecular complexity index is 733. The molecule has 1 aromatic heterocycles. The Hall–Kier alpha value is -1.56. The lowest BCUT2D eigenvalue weighted by molar-refractivity contribution is 0.145. The van der Waals surface area contributed by atoms with Crippen LogP contribution in [0, 0.1) is 5.92 Å². The number of nitrogens with one attached hydrogen (secondary N) is 1. The lowest BCUT2D eigenvalue weighted by Crippen LogP contribution is -2.35. The van der Waals surface area contributed by atoms with Gasteiger partial charge in [-0.25, -0.2) is 0 Å². The van der Waals surface area contributed by atoms with Gasteiger partial charge >= 0.3 is 0 Å². The highest BCUT2D eigenvalue weighted by molar-refractivity contribution is 6.30. The number of aromatic nitrogens is 2. The Morgan fingerprint density at radius 2 is 2.28 bits per heavy atom. The topological polar surface area (TPSA) is 59.3 Å². The Balaban J connectivity index is 1.32. The first-order valence-electron chi connectivity index (χ1n) is 9.01. The first-order chi connectivity index (χ1) is 12.2. The third kappa shape index (κ3) is 4.00. The van der Waals surface area contributed by atoms with Crippen molar-refractivity contribution in [3.63, 3.8) is 0 Å². The molecule has 0 radical (unpaired) electrons. The van der Waals surface area contributed by atoms with E-state index in [1.54, 1.807) is 6.20 Å². The van der Waals surface area contributed by atoms with E-state index in [4.69, 9.17) is 16.3 Å². The van der Waals surface area contributed by atoms with Crippen LogP contribution in [0.4, 0.5) is 0 Å². The van der Waals surface area contributed by atoms with Gasteiger partial charge in [-0.2, -0.15) is 5.10 Å². The van der Waals surface area contributed by atoms with Crippen molar-refractivity contribution in [2.24, 2.45) is 5.92 Å². The summed E-state index contributed by atoms with van der Waals surface area (Å²) in [6, 6.07) is 6.54. The van der Waals surface area contributed by atoms with E-state index in [0.717, 1.165) is 51.1 Å². The summed E-state index contributed by atoms with van der Waals surface area (Å²) in [5.74, 6) is 1.44. The van der Waals surface area contributed by atoms with Gasteiger partial charge in [0.05, 0.1) is 23.9 Å². The van der Waals surface area contributed by atoms with E-state index in [0.29, 0.717) is 10.9 Å². The minimum atomic E-state index is -0.308. The van der Waals surface area contributed by atoms with Crippen molar-refractivity contribution in [1.82, 2.24) is 15.1 Å². The Kier molecular flexibility index (Phi) is 4.97. The second-order valence-electron chi connectivity index (χ2n) is 7.17. The number of ether oxygens (including phenoxy) is 1. The molecule has 2 heterocycles. The highest BCUT2D eigenvalue weighted by Gasteiger charge is 2.32. The molecule has 1 unspecified atom stereocenters. The van der Waals surface area contributed by atoms with E-state index in [-0.39, 0.29) is 12.1 Å². The largest absolute Gasteiger partial charge is 0.493 e. The number of benzene rings is 1. The number of aryl methyl sites for hydroxylation is 1. The Labute approximate surface area is 152 Å². The molecule has 2 N–H and O–H groups in total. The van der Waals surface area contributed by atoms with Crippen molar-refractivity contribution in [3.05, 3.63) is 46.7 Å². The van der Waals surface area contributed by atoms with Crippen LogP contribution in [0.25, 0.3) is 0 Å². The quantitative estimate of drug-likeness (QED) is 0.859. The summed E-state index contributed by atoms with van der Waals surface area (Å²) in [5, 5.41) is 18.8. The van der Waals surface area contributed by atoms with Gasteiger partial charge in [-0.05, 0) is 48.8 Å². The SMILES string of the molecule is O[C@@H]1CC(Cn2cc(Cl)cn2)C[C@H]1NCc1ccc2c(c1)CCCO2. The number of hydrogen-bond acceptors (Lipinski definition) is 4. The van der Waals surface area contributed by atoms with Crippen molar-refractivity contribution in [1.29, 1.82) is 0 Å². The number of rotatable bonds is 5. The summed E-state index contributed by atoms with van der Waals surface area (Å²) in [7, 11) is 0. The maximum atomic E-state index is 10.4. The summed E-state index contributed by atoms with van der Waals surface area (Å²) in [5.41, 5.74) is 2.55. The van der Waals surface area contributed by atoms with E-state index in [9.17, 15) is 5.11 Å². The average Bonchev–Trinajstić information content (AvgIpc) is 3.18. The molecule has 0 spiro atoms. The zero-order chi connectivity index (χ0) is 17.2. The number of nitrogens with zero attached hydrogens (tertiary/aromatic N) is 2. The van der Waals surface area contributed by atoms with Gasteiger partial charge in [0.15, 0.2) is 0 Å². The third-order valence-electron chi connectivity index (χ3n) is 5.21. The van der Waals surface area contributed by atoms with Gasteiger partial charge in [-0.1, -0.05) is 23.7 Å². The fourth-order valence-electron chi connectivity index (χ4n) is 3.96. The van der Waals surface area contributed by atoms with Crippen molar-refractivity contribution < 1.29 is 9.84 Å². The fraction of sp³-hybridized carbons (Fsp3) is 0.526. The number of hydrogen-bond donors (Lipinski definition) is 2. The first-order valence-corrected chi connectivity index (χ1v) is 9.39. The van der Waals surface area contributed by atoms with Crippen LogP contribution in [-0.4, -0.2) is 33.6 Å². The van der Waals surface area contributed by atoms with Crippen LogP contribution < -0.4 is 10.1 Å². The van der Waals surface area contributed by atoms with Gasteiger partial charge in [0.2, 0.25) is 0 Å². The highest BCUT2D eigenvalue weighted by Crippen LogP contribution is 2.29. The molecule has 134 valence electrons. The zero-order valence-electron chi connectivity index (χ0n) is 14.2. The lowest BCUT2D eigenvalue weighted by atomic mass is 10.0. The van der Waals surface area contributed by atoms with E-state index < -0.39 is 0 Å². The van der Waals surface area contributed by atoms with Crippen LogP contribution in [0.5, 0.6) is 5.75 Å². The standard InChI is InChI=1S/C19H24ClN3O2/c20-16-10-22-23(12-16)11-14-7-17(18(24)8-14)21-9-13-3-4-19-15(6-13)2-1-5-25-19/h3-4,6,10,12,14,17-18,21,24H,1-2,5,7-9,11H2/t14?,17-,18-/m1/s1. The summed E-state index contributed by atoms with van der Waals surface area (Å²) in [6.45, 7) is 2.40. The molecule has 25 heavy (non-hydrogen) atoms. The smallest absolute Gasteiger partial charge is 0.122 e. The molecule has 0 amide bonds. The van der Waals surface area contributed by atoms with Crippen LogP contribution >= 0.6 is 11.6 Å². The van der Waals surface area contributed by atoms with Crippen LogP contribution in [0.2, 0.25) is 5.02 Å². The van der Waals surface area contributed by atoms with Crippen molar-refractivity contribution in [3.8, 4) is 5.75 Å². The Morgan fingerprint density at radius 3 is 3.12 bits per heavy atom. The predicted octanol–water partition coefficient (Wildman–Crippen LogP) is 2.79. The molecule has 1 aromatic carbocycles.